The number of nitrogens with one attached hydrogen (secondary N) is 1. The number of fused-ring (bicyclic) bond motifs is 1. The Morgan fingerprint density at radius 2 is 1.78 bits per heavy atom. The number of aromatic amines is 1. The third-order valence-corrected chi connectivity index (χ3v) is 7.62. The van der Waals surface area contributed by atoms with Gasteiger partial charge < -0.3 is 4.98 Å². The Hall–Kier alpha value is -2.11. The Kier molecular flexibility index (Phi) is 4.82. The molecular formula is C22H26N2O2S. The first-order chi connectivity index (χ1) is 13.0. The molecule has 0 unspecified atom stereocenters. The lowest BCUT2D eigenvalue weighted by atomic mass is 9.89. The Morgan fingerprint density at radius 3 is 2.41 bits per heavy atom. The summed E-state index contributed by atoms with van der Waals surface area (Å²) in [6.45, 7) is 5.62. The van der Waals surface area contributed by atoms with Crippen LogP contribution in [0.3, 0.4) is 0 Å². The van der Waals surface area contributed by atoms with Crippen LogP contribution in [0.25, 0.3) is 22.2 Å². The highest BCUT2D eigenvalue weighted by Gasteiger charge is 2.30. The smallest absolute Gasteiger partial charge is 0.243 e. The monoisotopic (exact) mass is 382 g/mol. The summed E-state index contributed by atoms with van der Waals surface area (Å²) in [6.07, 6.45) is 3.00. The molecule has 5 heteroatoms. The first-order valence-electron chi connectivity index (χ1n) is 9.76. The highest BCUT2D eigenvalue weighted by Crippen LogP contribution is 2.36. The predicted octanol–water partition coefficient (Wildman–Crippen LogP) is 5.13. The molecule has 0 spiro atoms. The fraction of sp³-hybridized carbons (Fsp3) is 0.364. The minimum Gasteiger partial charge on any atom is -0.355 e. The summed E-state index contributed by atoms with van der Waals surface area (Å²) in [6, 6.07) is 16.0. The van der Waals surface area contributed by atoms with Gasteiger partial charge in [0.2, 0.25) is 10.0 Å². The van der Waals surface area contributed by atoms with Crippen LogP contribution in [0.2, 0.25) is 0 Å². The molecule has 2 aromatic carbocycles. The van der Waals surface area contributed by atoms with Crippen LogP contribution < -0.4 is 0 Å². The van der Waals surface area contributed by atoms with Gasteiger partial charge in [0.1, 0.15) is 0 Å². The van der Waals surface area contributed by atoms with Crippen LogP contribution in [-0.4, -0.2) is 30.8 Å². The van der Waals surface area contributed by atoms with Crippen LogP contribution in [0.15, 0.2) is 53.4 Å². The first kappa shape index (κ1) is 18.3. The number of rotatable bonds is 6. The summed E-state index contributed by atoms with van der Waals surface area (Å²) in [5.41, 5.74) is 4.27. The fourth-order valence-electron chi connectivity index (χ4n) is 3.91. The third-order valence-electron chi connectivity index (χ3n) is 5.72. The van der Waals surface area contributed by atoms with Crippen LogP contribution in [-0.2, 0) is 10.0 Å². The Labute approximate surface area is 161 Å². The summed E-state index contributed by atoms with van der Waals surface area (Å²) < 4.78 is 27.4. The van der Waals surface area contributed by atoms with Crippen molar-refractivity contribution in [2.24, 2.45) is 0 Å². The van der Waals surface area contributed by atoms with Crippen molar-refractivity contribution >= 4 is 20.9 Å². The van der Waals surface area contributed by atoms with Crippen molar-refractivity contribution < 1.29 is 8.42 Å². The largest absolute Gasteiger partial charge is 0.355 e. The number of benzene rings is 2. The Morgan fingerprint density at radius 1 is 1.04 bits per heavy atom. The average Bonchev–Trinajstić information content (AvgIpc) is 3.05. The summed E-state index contributed by atoms with van der Waals surface area (Å²) in [5, 5.41) is 1.14. The van der Waals surface area contributed by atoms with E-state index < -0.39 is 10.0 Å². The zero-order valence-corrected chi connectivity index (χ0v) is 16.7. The number of sulfonamides is 1. The minimum absolute atomic E-state index is 0.394. The van der Waals surface area contributed by atoms with E-state index >= 15 is 0 Å². The first-order valence-corrected chi connectivity index (χ1v) is 11.2. The van der Waals surface area contributed by atoms with E-state index in [4.69, 9.17) is 0 Å². The van der Waals surface area contributed by atoms with Gasteiger partial charge in [-0.1, -0.05) is 38.1 Å². The molecule has 0 aliphatic carbocycles. The molecular weight excluding hydrogens is 356 g/mol. The van der Waals surface area contributed by atoms with Gasteiger partial charge in [-0.2, -0.15) is 4.31 Å². The van der Waals surface area contributed by atoms with Gasteiger partial charge in [-0.15, -0.1) is 0 Å². The normalized spacial score (nSPS) is 15.4. The summed E-state index contributed by atoms with van der Waals surface area (Å²) in [7, 11) is -3.40. The maximum atomic E-state index is 12.9. The van der Waals surface area contributed by atoms with Crippen molar-refractivity contribution in [3.8, 4) is 11.3 Å². The van der Waals surface area contributed by atoms with Crippen molar-refractivity contribution in [2.45, 2.75) is 43.9 Å². The number of hydrogen-bond donors (Lipinski definition) is 1. The molecule has 0 atom stereocenters. The topological polar surface area (TPSA) is 53.2 Å². The van der Waals surface area contributed by atoms with E-state index in [1.165, 1.54) is 5.56 Å². The lowest BCUT2D eigenvalue weighted by Gasteiger charge is -2.30. The molecule has 1 aromatic heterocycles. The highest BCUT2D eigenvalue weighted by molar-refractivity contribution is 7.89. The van der Waals surface area contributed by atoms with E-state index in [9.17, 15) is 8.42 Å². The highest BCUT2D eigenvalue weighted by atomic mass is 32.2. The molecule has 27 heavy (non-hydrogen) atoms. The predicted molar refractivity (Wildman–Crippen MR) is 110 cm³/mol. The number of H-pyrrole nitrogens is 1. The number of para-hydroxylation sites is 1. The third kappa shape index (κ3) is 3.19. The van der Waals surface area contributed by atoms with Crippen LogP contribution >= 0.6 is 0 Å². The molecule has 4 nitrogen and oxygen atoms in total. The van der Waals surface area contributed by atoms with Gasteiger partial charge in [-0.3, -0.25) is 0 Å². The van der Waals surface area contributed by atoms with Gasteiger partial charge in [0, 0.05) is 35.2 Å². The van der Waals surface area contributed by atoms with Gasteiger partial charge >= 0.3 is 0 Å². The Balaban J connectivity index is 1.88. The van der Waals surface area contributed by atoms with Crippen LogP contribution in [0.4, 0.5) is 0 Å². The molecule has 142 valence electrons. The molecule has 0 amide bonds. The molecule has 0 bridgehead atoms. The lowest BCUT2D eigenvalue weighted by molar-refractivity contribution is 0.309. The standard InChI is InChI=1S/C22H26N2O2S/c1-3-16(4-2)19-11-10-18(27(25,26)24-12-7-13-24)15-20(19)22-14-17-8-5-6-9-21(17)23-22/h5-6,8-11,14-16,23H,3-4,7,12-13H2,1-2H3. The van der Waals surface area contributed by atoms with Crippen molar-refractivity contribution in [3.63, 3.8) is 0 Å². The molecule has 1 aliphatic rings. The SMILES string of the molecule is CCC(CC)c1ccc(S(=O)(=O)N2CCC2)cc1-c1cc2ccccc2[nH]1. The molecule has 2 heterocycles. The zero-order valence-electron chi connectivity index (χ0n) is 15.9. The van der Waals surface area contributed by atoms with Gasteiger partial charge in [-0.25, -0.2) is 8.42 Å². The number of nitrogens with zero attached hydrogens (tertiary/aromatic N) is 1. The lowest BCUT2D eigenvalue weighted by Crippen LogP contribution is -2.41. The van der Waals surface area contributed by atoms with E-state index in [2.05, 4.69) is 37.0 Å². The quantitative estimate of drug-likeness (QED) is 0.642. The summed E-state index contributed by atoms with van der Waals surface area (Å²) >= 11 is 0. The second kappa shape index (κ2) is 7.13. The minimum atomic E-state index is -3.40. The summed E-state index contributed by atoms with van der Waals surface area (Å²) in [4.78, 5) is 3.88. The average molecular weight is 383 g/mol. The van der Waals surface area contributed by atoms with Crippen LogP contribution in [0.1, 0.15) is 44.6 Å². The van der Waals surface area contributed by atoms with Gasteiger partial charge in [0.15, 0.2) is 0 Å². The van der Waals surface area contributed by atoms with Crippen LogP contribution in [0.5, 0.6) is 0 Å². The molecule has 3 aromatic rings. The van der Waals surface area contributed by atoms with Gasteiger partial charge in [0.25, 0.3) is 0 Å². The number of hydrogen-bond acceptors (Lipinski definition) is 2. The van der Waals surface area contributed by atoms with Gasteiger partial charge in [0.05, 0.1) is 4.90 Å². The van der Waals surface area contributed by atoms with E-state index in [0.717, 1.165) is 41.4 Å². The number of aromatic nitrogens is 1. The van der Waals surface area contributed by atoms with Crippen molar-refractivity contribution in [2.75, 3.05) is 13.1 Å². The van der Waals surface area contributed by atoms with Crippen molar-refractivity contribution in [1.82, 2.24) is 9.29 Å². The zero-order chi connectivity index (χ0) is 19.0. The molecule has 0 radical (unpaired) electrons. The maximum Gasteiger partial charge on any atom is 0.243 e. The fourth-order valence-corrected chi connectivity index (χ4v) is 5.45. The molecule has 0 saturated carbocycles. The van der Waals surface area contributed by atoms with Gasteiger partial charge in [-0.05, 0) is 55.0 Å². The van der Waals surface area contributed by atoms with E-state index in [1.54, 1.807) is 10.4 Å². The van der Waals surface area contributed by atoms with E-state index in [1.807, 2.05) is 24.3 Å². The summed E-state index contributed by atoms with van der Waals surface area (Å²) in [5.74, 6) is 0.409. The van der Waals surface area contributed by atoms with E-state index in [0.29, 0.717) is 23.9 Å². The Bertz CT molecular complexity index is 1030. The van der Waals surface area contributed by atoms with Crippen molar-refractivity contribution in [1.29, 1.82) is 0 Å². The van der Waals surface area contributed by atoms with E-state index in [-0.39, 0.29) is 0 Å². The maximum absolute atomic E-state index is 12.9. The second-order valence-electron chi connectivity index (χ2n) is 7.29. The van der Waals surface area contributed by atoms with Crippen molar-refractivity contribution in [3.05, 3.63) is 54.1 Å². The molecule has 1 N–H and O–H groups in total. The molecule has 4 rings (SSSR count). The molecule has 1 aliphatic heterocycles. The molecule has 1 fully saturated rings. The van der Waals surface area contributed by atoms with Crippen LogP contribution in [0, 0.1) is 0 Å². The molecule has 1 saturated heterocycles. The second-order valence-corrected chi connectivity index (χ2v) is 9.23.